The Morgan fingerprint density at radius 1 is 1.27 bits per heavy atom. The highest BCUT2D eigenvalue weighted by Gasteiger charge is 2.30. The lowest BCUT2D eigenvalue weighted by atomic mass is 10.1. The first-order chi connectivity index (χ1) is 10.2. The average Bonchev–Trinajstić information content (AvgIpc) is 2.79. The first-order valence-electron chi connectivity index (χ1n) is 6.68. The van der Waals surface area contributed by atoms with Gasteiger partial charge in [-0.3, -0.25) is 0 Å². The molecule has 1 aromatic heterocycles. The minimum absolute atomic E-state index is 0.440. The summed E-state index contributed by atoms with van der Waals surface area (Å²) in [5.74, 6) is -0.939. The summed E-state index contributed by atoms with van der Waals surface area (Å²) in [6.07, 6.45) is -5.37. The zero-order chi connectivity index (χ0) is 16.4. The molecule has 0 radical (unpaired) electrons. The zero-order valence-electron chi connectivity index (χ0n) is 11.9. The van der Waals surface area contributed by atoms with Crippen LogP contribution in [-0.4, -0.2) is 26.4 Å². The van der Waals surface area contributed by atoms with E-state index in [-0.39, 0.29) is 0 Å². The van der Waals surface area contributed by atoms with Crippen LogP contribution in [0.4, 0.5) is 13.2 Å². The zero-order valence-corrected chi connectivity index (χ0v) is 13.5. The van der Waals surface area contributed by atoms with Gasteiger partial charge >= 0.3 is 6.18 Å². The fourth-order valence-corrected chi connectivity index (χ4v) is 4.47. The van der Waals surface area contributed by atoms with Crippen LogP contribution in [0, 0.1) is 0 Å². The van der Waals surface area contributed by atoms with Crippen molar-refractivity contribution in [2.24, 2.45) is 0 Å². The molecule has 0 aliphatic rings. The van der Waals surface area contributed by atoms with Crippen LogP contribution in [0.15, 0.2) is 29.6 Å². The van der Waals surface area contributed by atoms with Crippen LogP contribution in [0.2, 0.25) is 0 Å². The van der Waals surface area contributed by atoms with Gasteiger partial charge in [0.25, 0.3) is 0 Å². The molecule has 8 heteroatoms. The molecule has 0 saturated heterocycles. The third-order valence-electron chi connectivity index (χ3n) is 3.12. The van der Waals surface area contributed by atoms with Gasteiger partial charge in [0.2, 0.25) is 10.0 Å². The molecule has 1 atom stereocenters. The van der Waals surface area contributed by atoms with Gasteiger partial charge in [0.1, 0.15) is 0 Å². The average molecular weight is 351 g/mol. The molecule has 1 aromatic carbocycles. The molecule has 1 N–H and O–H groups in total. The van der Waals surface area contributed by atoms with Gasteiger partial charge in [-0.25, -0.2) is 13.1 Å². The number of nitrogens with one attached hydrogen (secondary N) is 1. The monoisotopic (exact) mass is 351 g/mol. The highest BCUT2D eigenvalue weighted by molar-refractivity contribution is 7.89. The summed E-state index contributed by atoms with van der Waals surface area (Å²) >= 11 is 1.56. The van der Waals surface area contributed by atoms with Gasteiger partial charge in [-0.1, -0.05) is 18.2 Å². The summed E-state index contributed by atoms with van der Waals surface area (Å²) in [5, 5.41) is 3.00. The summed E-state index contributed by atoms with van der Waals surface area (Å²) in [4.78, 5) is 0. The molecule has 0 saturated carbocycles. The maximum Gasteiger partial charge on any atom is 0.390 e. The van der Waals surface area contributed by atoms with E-state index in [9.17, 15) is 21.6 Å². The summed E-state index contributed by atoms with van der Waals surface area (Å²) < 4.78 is 63.1. The quantitative estimate of drug-likeness (QED) is 0.862. The fraction of sp³-hybridized carbons (Fsp3) is 0.429. The van der Waals surface area contributed by atoms with Crippen molar-refractivity contribution in [3.05, 3.63) is 35.2 Å². The number of halogens is 3. The fourth-order valence-electron chi connectivity index (χ4n) is 2.18. The molecule has 2 rings (SSSR count). The largest absolute Gasteiger partial charge is 0.390 e. The summed E-state index contributed by atoms with van der Waals surface area (Å²) in [5.41, 5.74) is 0.992. The van der Waals surface area contributed by atoms with Gasteiger partial charge in [-0.2, -0.15) is 13.2 Å². The van der Waals surface area contributed by atoms with Crippen molar-refractivity contribution >= 4 is 31.4 Å². The van der Waals surface area contributed by atoms with Crippen molar-refractivity contribution in [3.63, 3.8) is 0 Å². The second kappa shape index (κ2) is 6.55. The van der Waals surface area contributed by atoms with Crippen LogP contribution < -0.4 is 4.72 Å². The van der Waals surface area contributed by atoms with E-state index in [0.29, 0.717) is 6.42 Å². The molecule has 0 fully saturated rings. The smallest absolute Gasteiger partial charge is 0.212 e. The molecule has 0 spiro atoms. The van der Waals surface area contributed by atoms with Gasteiger partial charge in [-0.15, -0.1) is 11.3 Å². The molecule has 122 valence electrons. The van der Waals surface area contributed by atoms with Crippen molar-refractivity contribution in [3.8, 4) is 0 Å². The van der Waals surface area contributed by atoms with Crippen molar-refractivity contribution in [1.29, 1.82) is 0 Å². The van der Waals surface area contributed by atoms with Gasteiger partial charge in [0, 0.05) is 10.7 Å². The van der Waals surface area contributed by atoms with Crippen LogP contribution in [0.1, 0.15) is 18.9 Å². The lowest BCUT2D eigenvalue weighted by Gasteiger charge is -2.14. The van der Waals surface area contributed by atoms with Crippen molar-refractivity contribution in [2.45, 2.75) is 32.0 Å². The first kappa shape index (κ1) is 17.2. The lowest BCUT2D eigenvalue weighted by molar-refractivity contribution is -0.130. The van der Waals surface area contributed by atoms with Crippen molar-refractivity contribution in [2.75, 3.05) is 5.75 Å². The van der Waals surface area contributed by atoms with E-state index < -0.39 is 34.4 Å². The van der Waals surface area contributed by atoms with Gasteiger partial charge in [0.15, 0.2) is 0 Å². The molecular formula is C14H16F3NO2S2. The summed E-state index contributed by atoms with van der Waals surface area (Å²) in [7, 11) is -3.94. The van der Waals surface area contributed by atoms with E-state index in [0.717, 1.165) is 15.6 Å². The summed E-state index contributed by atoms with van der Waals surface area (Å²) in [6.45, 7) is 1.65. The van der Waals surface area contributed by atoms with Crippen LogP contribution in [0.3, 0.4) is 0 Å². The molecule has 3 nitrogen and oxygen atoms in total. The summed E-state index contributed by atoms with van der Waals surface area (Å²) in [6, 6.07) is 7.28. The van der Waals surface area contributed by atoms with Crippen molar-refractivity contribution < 1.29 is 21.6 Å². The molecule has 0 aliphatic heterocycles. The number of hydrogen-bond donors (Lipinski definition) is 1. The highest BCUT2D eigenvalue weighted by atomic mass is 32.2. The number of benzene rings is 1. The van der Waals surface area contributed by atoms with E-state index in [1.807, 2.05) is 29.6 Å². The minimum Gasteiger partial charge on any atom is -0.212 e. The van der Waals surface area contributed by atoms with E-state index in [1.54, 1.807) is 18.3 Å². The molecule has 0 unspecified atom stereocenters. The molecular weight excluding hydrogens is 335 g/mol. The highest BCUT2D eigenvalue weighted by Crippen LogP contribution is 2.26. The maximum atomic E-state index is 12.1. The third kappa shape index (κ3) is 4.96. The Bertz CT molecular complexity index is 738. The Morgan fingerprint density at radius 3 is 2.64 bits per heavy atom. The number of rotatable bonds is 6. The standard InChI is InChI=1S/C14H16F3NO2S2/c1-10(18-22(19,20)7-6-14(15,16)17)8-11-9-21-13-5-3-2-4-12(11)13/h2-5,9-10,18H,6-8H2,1H3/t10-/m0/s1. The molecule has 0 bridgehead atoms. The first-order valence-corrected chi connectivity index (χ1v) is 9.21. The van der Waals surface area contributed by atoms with Crippen LogP contribution in [0.25, 0.3) is 10.1 Å². The van der Waals surface area contributed by atoms with E-state index in [4.69, 9.17) is 0 Å². The van der Waals surface area contributed by atoms with Gasteiger partial charge in [-0.05, 0) is 35.7 Å². The van der Waals surface area contributed by atoms with E-state index in [2.05, 4.69) is 4.72 Å². The van der Waals surface area contributed by atoms with Crippen LogP contribution >= 0.6 is 11.3 Å². The number of alkyl halides is 3. The van der Waals surface area contributed by atoms with Gasteiger partial charge in [0.05, 0.1) is 12.2 Å². The maximum absolute atomic E-state index is 12.1. The van der Waals surface area contributed by atoms with Crippen LogP contribution in [0.5, 0.6) is 0 Å². The number of thiophene rings is 1. The molecule has 22 heavy (non-hydrogen) atoms. The van der Waals surface area contributed by atoms with Crippen LogP contribution in [-0.2, 0) is 16.4 Å². The Labute approximate surface area is 131 Å². The number of hydrogen-bond acceptors (Lipinski definition) is 3. The third-order valence-corrected chi connectivity index (χ3v) is 5.64. The molecule has 1 heterocycles. The predicted molar refractivity (Wildman–Crippen MR) is 82.6 cm³/mol. The van der Waals surface area contributed by atoms with Crippen molar-refractivity contribution in [1.82, 2.24) is 4.72 Å². The molecule has 2 aromatic rings. The normalized spacial score (nSPS) is 14.4. The lowest BCUT2D eigenvalue weighted by Crippen LogP contribution is -2.36. The Kier molecular flexibility index (Phi) is 5.14. The van der Waals surface area contributed by atoms with E-state index >= 15 is 0 Å². The minimum atomic E-state index is -4.47. The Balaban J connectivity index is 1.99. The van der Waals surface area contributed by atoms with E-state index in [1.165, 1.54) is 0 Å². The Hall–Kier alpha value is -1.12. The SMILES string of the molecule is C[C@@H](Cc1csc2ccccc12)NS(=O)(=O)CCC(F)(F)F. The second-order valence-corrected chi connectivity index (χ2v) is 7.95. The predicted octanol–water partition coefficient (Wildman–Crippen LogP) is 3.70. The molecule has 0 aliphatic carbocycles. The topological polar surface area (TPSA) is 46.2 Å². The Morgan fingerprint density at radius 2 is 1.95 bits per heavy atom. The molecule has 0 amide bonds. The second-order valence-electron chi connectivity index (χ2n) is 5.16. The van der Waals surface area contributed by atoms with Gasteiger partial charge < -0.3 is 0 Å². The number of fused-ring (bicyclic) bond motifs is 1. The number of sulfonamides is 1.